The summed E-state index contributed by atoms with van der Waals surface area (Å²) in [5, 5.41) is 5.43. The molecule has 1 aromatic carbocycles. The van der Waals surface area contributed by atoms with Crippen LogP contribution in [-0.4, -0.2) is 27.7 Å². The summed E-state index contributed by atoms with van der Waals surface area (Å²) in [5.41, 5.74) is 5.91. The summed E-state index contributed by atoms with van der Waals surface area (Å²) in [6, 6.07) is 17.4. The van der Waals surface area contributed by atoms with Gasteiger partial charge in [0.15, 0.2) is 0 Å². The van der Waals surface area contributed by atoms with Crippen LogP contribution >= 0.6 is 11.6 Å². The molecule has 0 fully saturated rings. The van der Waals surface area contributed by atoms with Gasteiger partial charge in [0.1, 0.15) is 5.69 Å². The lowest BCUT2D eigenvalue weighted by molar-refractivity contribution is 0.0593. The lowest BCUT2D eigenvalue weighted by atomic mass is 10.0. The van der Waals surface area contributed by atoms with Crippen molar-refractivity contribution >= 4 is 23.1 Å². The number of methoxy groups -OCH3 is 1. The molecule has 28 heavy (non-hydrogen) atoms. The highest BCUT2D eigenvalue weighted by Crippen LogP contribution is 2.30. The van der Waals surface area contributed by atoms with Gasteiger partial charge in [-0.2, -0.15) is 5.10 Å². The van der Waals surface area contributed by atoms with Gasteiger partial charge in [-0.05, 0) is 30.7 Å². The summed E-state index contributed by atoms with van der Waals surface area (Å²) < 4.78 is 6.59. The summed E-state index contributed by atoms with van der Waals surface area (Å²) in [6.45, 7) is 1.97. The molecule has 0 saturated heterocycles. The Labute approximate surface area is 167 Å². The van der Waals surface area contributed by atoms with Crippen LogP contribution in [0.2, 0.25) is 5.02 Å². The summed E-state index contributed by atoms with van der Waals surface area (Å²) in [4.78, 5) is 16.3. The zero-order valence-corrected chi connectivity index (χ0v) is 16.3. The molecule has 0 atom stereocenters. The third-order valence-corrected chi connectivity index (χ3v) is 5.02. The van der Waals surface area contributed by atoms with Crippen LogP contribution in [0.4, 0.5) is 0 Å². The predicted molar refractivity (Wildman–Crippen MR) is 109 cm³/mol. The van der Waals surface area contributed by atoms with Gasteiger partial charge in [-0.25, -0.2) is 14.3 Å². The van der Waals surface area contributed by atoms with Gasteiger partial charge in [0.25, 0.3) is 0 Å². The SMILES string of the molecule is COC(=O)c1cccc(Cc2c(-c3ccccc3)nn3cc(Cl)c(C)cc23)n1. The Bertz CT molecular complexity index is 1170. The number of rotatable bonds is 4. The number of aromatic nitrogens is 3. The number of halogens is 1. The molecule has 0 aliphatic rings. The number of ether oxygens (including phenoxy) is 1. The summed E-state index contributed by atoms with van der Waals surface area (Å²) in [6.07, 6.45) is 2.35. The average molecular weight is 392 g/mol. The van der Waals surface area contributed by atoms with E-state index >= 15 is 0 Å². The van der Waals surface area contributed by atoms with Gasteiger partial charge in [-0.1, -0.05) is 48.0 Å². The van der Waals surface area contributed by atoms with Crippen LogP contribution in [0, 0.1) is 6.92 Å². The van der Waals surface area contributed by atoms with E-state index in [-0.39, 0.29) is 5.69 Å². The molecule has 5 nitrogen and oxygen atoms in total. The van der Waals surface area contributed by atoms with Crippen LogP contribution in [0.1, 0.15) is 27.3 Å². The first kappa shape index (κ1) is 18.2. The number of fused-ring (bicyclic) bond motifs is 1. The number of carbonyl (C=O) groups excluding carboxylic acids is 1. The minimum Gasteiger partial charge on any atom is -0.464 e. The molecule has 0 unspecified atom stereocenters. The van der Waals surface area contributed by atoms with Crippen molar-refractivity contribution in [3.63, 3.8) is 0 Å². The molecule has 4 rings (SSSR count). The number of carbonyl (C=O) groups is 1. The highest BCUT2D eigenvalue weighted by Gasteiger charge is 2.17. The van der Waals surface area contributed by atoms with Gasteiger partial charge in [0, 0.05) is 29.4 Å². The van der Waals surface area contributed by atoms with Gasteiger partial charge >= 0.3 is 5.97 Å². The Balaban J connectivity index is 1.87. The molecule has 3 heterocycles. The van der Waals surface area contributed by atoms with Crippen molar-refractivity contribution in [1.29, 1.82) is 0 Å². The minimum absolute atomic E-state index is 0.289. The molecule has 6 heteroatoms. The van der Waals surface area contributed by atoms with E-state index in [1.807, 2.05) is 61.7 Å². The number of pyridine rings is 2. The van der Waals surface area contributed by atoms with E-state index in [4.69, 9.17) is 21.4 Å². The second-order valence-electron chi connectivity index (χ2n) is 6.51. The topological polar surface area (TPSA) is 56.5 Å². The van der Waals surface area contributed by atoms with Gasteiger partial charge in [0.2, 0.25) is 0 Å². The number of hydrogen-bond donors (Lipinski definition) is 0. The summed E-state index contributed by atoms with van der Waals surface area (Å²) in [7, 11) is 1.35. The Hall–Kier alpha value is -3.18. The smallest absolute Gasteiger partial charge is 0.356 e. The van der Waals surface area contributed by atoms with Crippen molar-refractivity contribution in [1.82, 2.24) is 14.6 Å². The fraction of sp³-hybridized carbons (Fsp3) is 0.136. The number of esters is 1. The average Bonchev–Trinajstić information content (AvgIpc) is 3.06. The van der Waals surface area contributed by atoms with Crippen LogP contribution in [-0.2, 0) is 11.2 Å². The molecule has 0 aliphatic carbocycles. The number of hydrogen-bond acceptors (Lipinski definition) is 4. The fourth-order valence-electron chi connectivity index (χ4n) is 3.20. The first-order valence-electron chi connectivity index (χ1n) is 8.84. The molecule has 3 aromatic heterocycles. The monoisotopic (exact) mass is 391 g/mol. The molecule has 0 N–H and O–H groups in total. The molecule has 0 bridgehead atoms. The fourth-order valence-corrected chi connectivity index (χ4v) is 3.34. The predicted octanol–water partition coefficient (Wildman–Crippen LogP) is 4.74. The zero-order valence-electron chi connectivity index (χ0n) is 15.5. The second-order valence-corrected chi connectivity index (χ2v) is 6.92. The maximum atomic E-state index is 11.8. The maximum Gasteiger partial charge on any atom is 0.356 e. The third kappa shape index (κ3) is 3.37. The van der Waals surface area contributed by atoms with E-state index in [0.717, 1.165) is 33.6 Å². The molecule has 0 aliphatic heterocycles. The zero-order chi connectivity index (χ0) is 19.7. The van der Waals surface area contributed by atoms with Crippen LogP contribution in [0.3, 0.4) is 0 Å². The van der Waals surface area contributed by atoms with E-state index in [9.17, 15) is 4.79 Å². The second kappa shape index (κ2) is 7.44. The highest BCUT2D eigenvalue weighted by molar-refractivity contribution is 6.31. The summed E-state index contributed by atoms with van der Waals surface area (Å²) >= 11 is 6.30. The van der Waals surface area contributed by atoms with Crippen molar-refractivity contribution in [3.8, 4) is 11.3 Å². The quantitative estimate of drug-likeness (QED) is 0.472. The lowest BCUT2D eigenvalue weighted by Crippen LogP contribution is -2.06. The third-order valence-electron chi connectivity index (χ3n) is 4.62. The van der Waals surface area contributed by atoms with E-state index in [1.165, 1.54) is 7.11 Å². The minimum atomic E-state index is -0.451. The van der Waals surface area contributed by atoms with E-state index in [1.54, 1.807) is 10.6 Å². The van der Waals surface area contributed by atoms with Gasteiger partial charge in [-0.15, -0.1) is 0 Å². The molecular weight excluding hydrogens is 374 g/mol. The van der Waals surface area contributed by atoms with Crippen LogP contribution < -0.4 is 0 Å². The molecule has 140 valence electrons. The van der Waals surface area contributed by atoms with Gasteiger partial charge in [0.05, 0.1) is 23.3 Å². The Kier molecular flexibility index (Phi) is 4.84. The Morgan fingerprint density at radius 3 is 2.68 bits per heavy atom. The number of nitrogens with zero attached hydrogens (tertiary/aromatic N) is 3. The van der Waals surface area contributed by atoms with Crippen molar-refractivity contribution < 1.29 is 9.53 Å². The summed E-state index contributed by atoms with van der Waals surface area (Å²) in [5.74, 6) is -0.451. The molecule has 0 spiro atoms. The van der Waals surface area contributed by atoms with E-state index < -0.39 is 5.97 Å². The maximum absolute atomic E-state index is 11.8. The highest BCUT2D eigenvalue weighted by atomic mass is 35.5. The number of aryl methyl sites for hydroxylation is 1. The molecule has 0 amide bonds. The number of benzene rings is 1. The van der Waals surface area contributed by atoms with Gasteiger partial charge in [-0.3, -0.25) is 0 Å². The largest absolute Gasteiger partial charge is 0.464 e. The molecule has 0 radical (unpaired) electrons. The van der Waals surface area contributed by atoms with Crippen LogP contribution in [0.15, 0.2) is 60.8 Å². The first-order valence-corrected chi connectivity index (χ1v) is 9.21. The van der Waals surface area contributed by atoms with Crippen molar-refractivity contribution in [2.75, 3.05) is 7.11 Å². The Morgan fingerprint density at radius 2 is 1.93 bits per heavy atom. The van der Waals surface area contributed by atoms with Crippen LogP contribution in [0.25, 0.3) is 16.8 Å². The lowest BCUT2D eigenvalue weighted by Gasteiger charge is -2.06. The first-order chi connectivity index (χ1) is 13.6. The molecular formula is C22H18ClN3O2. The van der Waals surface area contributed by atoms with Gasteiger partial charge < -0.3 is 4.74 Å². The normalized spacial score (nSPS) is 11.0. The molecule has 4 aromatic rings. The van der Waals surface area contributed by atoms with Crippen molar-refractivity contribution in [2.24, 2.45) is 0 Å². The van der Waals surface area contributed by atoms with Crippen molar-refractivity contribution in [3.05, 3.63) is 88.3 Å². The Morgan fingerprint density at radius 1 is 1.14 bits per heavy atom. The van der Waals surface area contributed by atoms with E-state index in [2.05, 4.69) is 4.98 Å². The standard InChI is InChI=1S/C22H18ClN3O2/c1-14-11-20-17(12-16-9-6-10-19(24-16)22(27)28-2)21(15-7-4-3-5-8-15)25-26(20)13-18(14)23/h3-11,13H,12H2,1-2H3. The van der Waals surface area contributed by atoms with E-state index in [0.29, 0.717) is 11.4 Å². The molecule has 0 saturated carbocycles. The van der Waals surface area contributed by atoms with Crippen LogP contribution in [0.5, 0.6) is 0 Å². The van der Waals surface area contributed by atoms with Crippen molar-refractivity contribution in [2.45, 2.75) is 13.3 Å².